The maximum Gasteiger partial charge on any atom is 0.472 e. The second kappa shape index (κ2) is 30.6. The van der Waals surface area contributed by atoms with Gasteiger partial charge in [0.2, 0.25) is 5.91 Å². The molecule has 1 saturated carbocycles. The Kier molecular flexibility index (Phi) is 28.7. The Bertz CT molecular complexity index is 1080. The number of hydrogen-bond donors (Lipinski definition) is 9. The van der Waals surface area contributed by atoms with Crippen LogP contribution in [0.15, 0.2) is 36.5 Å². The van der Waals surface area contributed by atoms with Gasteiger partial charge in [0, 0.05) is 0 Å². The monoisotopic (exact) mass is 791 g/mol. The minimum Gasteiger partial charge on any atom is -0.393 e. The van der Waals surface area contributed by atoms with Crippen LogP contribution in [0.2, 0.25) is 0 Å². The number of rotatable bonds is 32. The molecule has 9 N–H and O–H groups in total. The lowest BCUT2D eigenvalue weighted by Gasteiger charge is -2.41. The summed E-state index contributed by atoms with van der Waals surface area (Å²) in [6, 6.07) is -1.26. The highest BCUT2D eigenvalue weighted by atomic mass is 31.2. The zero-order valence-corrected chi connectivity index (χ0v) is 33.8. The number of carbonyl (C=O) groups excluding carboxylic acids is 1. The number of carbonyl (C=O) groups is 1. The fourth-order valence-electron chi connectivity index (χ4n) is 6.40. The van der Waals surface area contributed by atoms with Crippen molar-refractivity contribution in [1.82, 2.24) is 5.32 Å². The van der Waals surface area contributed by atoms with E-state index >= 15 is 0 Å². The van der Waals surface area contributed by atoms with Gasteiger partial charge in [0.05, 0.1) is 31.3 Å². The van der Waals surface area contributed by atoms with Gasteiger partial charge in [-0.05, 0) is 39.0 Å². The van der Waals surface area contributed by atoms with Crippen molar-refractivity contribution in [3.63, 3.8) is 0 Å². The highest BCUT2D eigenvalue weighted by Crippen LogP contribution is 2.47. The molecule has 316 valence electrons. The van der Waals surface area contributed by atoms with Gasteiger partial charge in [-0.15, -0.1) is 0 Å². The first-order valence-electron chi connectivity index (χ1n) is 20.5. The summed E-state index contributed by atoms with van der Waals surface area (Å²) < 4.78 is 22.7. The number of aliphatic hydroxyl groups excluding tert-OH is 7. The van der Waals surface area contributed by atoms with E-state index in [-0.39, 0.29) is 6.42 Å². The Morgan fingerprint density at radius 1 is 0.685 bits per heavy atom. The van der Waals surface area contributed by atoms with Gasteiger partial charge in [-0.1, -0.05) is 140 Å². The maximum atomic E-state index is 12.9. The molecular formula is C40H74NO12P. The standard InChI is InChI=1S/C40H74NO12P/c1-3-5-7-9-11-13-14-15-16-17-18-20-21-23-25-27-31(42)29-34(44)41-32(33(43)28-26-24-22-19-12-10-8-6-4-2)30-52-54(50,51)53-40-38(48)36(46)35(45)37(47)39(40)49/h4,6,12,19,26,28,31-33,35-40,42-43,45-49H,3,5,7-11,13-18,20-25,27,29-30H2,1-2H3,(H,41,44)(H,50,51)/b6-4+,19-12+,28-26+. The number of hydrogen-bond acceptors (Lipinski definition) is 11. The molecule has 1 aliphatic rings. The topological polar surface area (TPSA) is 226 Å². The average Bonchev–Trinajstić information content (AvgIpc) is 3.14. The molecule has 0 bridgehead atoms. The molecule has 1 amide bonds. The molecule has 0 heterocycles. The molecule has 13 nitrogen and oxygen atoms in total. The van der Waals surface area contributed by atoms with E-state index in [0.29, 0.717) is 19.3 Å². The highest BCUT2D eigenvalue weighted by Gasteiger charge is 2.51. The normalized spacial score (nSPS) is 25.0. The van der Waals surface area contributed by atoms with Gasteiger partial charge in [0.25, 0.3) is 0 Å². The lowest BCUT2D eigenvalue weighted by atomic mass is 9.85. The number of phosphoric ester groups is 1. The zero-order chi connectivity index (χ0) is 40.2. The molecule has 1 aliphatic carbocycles. The van der Waals surface area contributed by atoms with Crippen LogP contribution in [0.3, 0.4) is 0 Å². The van der Waals surface area contributed by atoms with Crippen LogP contribution in [0.25, 0.3) is 0 Å². The number of amides is 1. The third kappa shape index (κ3) is 22.9. The van der Waals surface area contributed by atoms with Gasteiger partial charge >= 0.3 is 7.82 Å². The van der Waals surface area contributed by atoms with Gasteiger partial charge in [-0.3, -0.25) is 13.8 Å². The summed E-state index contributed by atoms with van der Waals surface area (Å²) in [5, 5.41) is 74.0. The van der Waals surface area contributed by atoms with Crippen LogP contribution in [-0.2, 0) is 18.4 Å². The Labute approximate surface area is 324 Å². The van der Waals surface area contributed by atoms with Gasteiger partial charge in [0.15, 0.2) is 0 Å². The maximum absolute atomic E-state index is 12.9. The molecule has 1 rings (SSSR count). The van der Waals surface area contributed by atoms with Crippen molar-refractivity contribution >= 4 is 13.7 Å². The Morgan fingerprint density at radius 2 is 1.13 bits per heavy atom. The van der Waals surface area contributed by atoms with E-state index in [1.54, 1.807) is 6.08 Å². The molecule has 54 heavy (non-hydrogen) atoms. The summed E-state index contributed by atoms with van der Waals surface area (Å²) in [5.41, 5.74) is 0. The average molecular weight is 792 g/mol. The van der Waals surface area contributed by atoms with E-state index < -0.39 is 75.2 Å². The second-order valence-electron chi connectivity index (χ2n) is 14.7. The molecule has 0 radical (unpaired) electrons. The minimum absolute atomic E-state index is 0.255. The van der Waals surface area contributed by atoms with E-state index in [1.165, 1.54) is 76.7 Å². The van der Waals surface area contributed by atoms with Gasteiger partial charge < -0.3 is 46.0 Å². The SMILES string of the molecule is C/C=C/CC/C=C/CC/C=C/C(O)C(COP(=O)(O)OC1C(O)C(O)C(O)C(O)C1O)NC(=O)CC(O)CCCCCCCCCCCCCCCCC. The van der Waals surface area contributed by atoms with Gasteiger partial charge in [-0.2, -0.15) is 0 Å². The van der Waals surface area contributed by atoms with Crippen molar-refractivity contribution in [1.29, 1.82) is 0 Å². The van der Waals surface area contributed by atoms with Crippen LogP contribution in [0.1, 0.15) is 149 Å². The largest absolute Gasteiger partial charge is 0.472 e. The quantitative estimate of drug-likeness (QED) is 0.0237. The van der Waals surface area contributed by atoms with E-state index in [2.05, 4.69) is 24.4 Å². The summed E-state index contributed by atoms with van der Waals surface area (Å²) in [7, 11) is -5.14. The molecule has 1 fully saturated rings. The lowest BCUT2D eigenvalue weighted by Crippen LogP contribution is -2.64. The van der Waals surface area contributed by atoms with Gasteiger partial charge in [-0.25, -0.2) is 4.57 Å². The first-order chi connectivity index (χ1) is 25.8. The van der Waals surface area contributed by atoms with Crippen molar-refractivity contribution in [2.45, 2.75) is 204 Å². The molecule has 0 aromatic rings. The van der Waals surface area contributed by atoms with Crippen LogP contribution < -0.4 is 5.32 Å². The number of nitrogens with one attached hydrogen (secondary N) is 1. The van der Waals surface area contributed by atoms with Crippen molar-refractivity contribution in [3.8, 4) is 0 Å². The van der Waals surface area contributed by atoms with Crippen molar-refractivity contribution in [3.05, 3.63) is 36.5 Å². The van der Waals surface area contributed by atoms with Gasteiger partial charge in [0.1, 0.15) is 36.6 Å². The fraction of sp³-hybridized carbons (Fsp3) is 0.825. The van der Waals surface area contributed by atoms with E-state index in [4.69, 9.17) is 9.05 Å². The molecule has 0 aromatic heterocycles. The summed E-state index contributed by atoms with van der Waals surface area (Å²) in [6.45, 7) is 3.45. The third-order valence-electron chi connectivity index (χ3n) is 9.80. The summed E-state index contributed by atoms with van der Waals surface area (Å²) in [4.78, 5) is 23.3. The zero-order valence-electron chi connectivity index (χ0n) is 32.9. The highest BCUT2D eigenvalue weighted by molar-refractivity contribution is 7.47. The number of phosphoric acid groups is 1. The predicted molar refractivity (Wildman–Crippen MR) is 210 cm³/mol. The lowest BCUT2D eigenvalue weighted by molar-refractivity contribution is -0.220. The number of aliphatic hydroxyl groups is 7. The van der Waals surface area contributed by atoms with Crippen molar-refractivity contribution < 1.29 is 59.0 Å². The van der Waals surface area contributed by atoms with E-state index in [1.807, 2.05) is 19.1 Å². The molecule has 0 aromatic carbocycles. The smallest absolute Gasteiger partial charge is 0.393 e. The van der Waals surface area contributed by atoms with Crippen LogP contribution in [0.5, 0.6) is 0 Å². The van der Waals surface area contributed by atoms with Crippen molar-refractivity contribution in [2.75, 3.05) is 6.61 Å². The Balaban J connectivity index is 2.57. The molecule has 0 saturated heterocycles. The number of allylic oxidation sites excluding steroid dienone is 5. The first-order valence-corrected chi connectivity index (χ1v) is 22.0. The summed E-state index contributed by atoms with van der Waals surface area (Å²) >= 11 is 0. The minimum atomic E-state index is -5.14. The first kappa shape index (κ1) is 50.5. The van der Waals surface area contributed by atoms with Crippen molar-refractivity contribution in [2.24, 2.45) is 0 Å². The van der Waals surface area contributed by atoms with Crippen LogP contribution in [0.4, 0.5) is 0 Å². The molecular weight excluding hydrogens is 717 g/mol. The second-order valence-corrected chi connectivity index (χ2v) is 16.1. The third-order valence-corrected chi connectivity index (χ3v) is 10.8. The molecule has 0 spiro atoms. The molecule has 8 unspecified atom stereocenters. The van der Waals surface area contributed by atoms with E-state index in [0.717, 1.165) is 38.5 Å². The van der Waals surface area contributed by atoms with Crippen LogP contribution in [-0.4, -0.2) is 108 Å². The molecule has 8 atom stereocenters. The summed E-state index contributed by atoms with van der Waals surface area (Å²) in [5.74, 6) is -0.611. The molecule has 14 heteroatoms. The van der Waals surface area contributed by atoms with Crippen LogP contribution >= 0.6 is 7.82 Å². The Hall–Kier alpha value is -1.48. The van der Waals surface area contributed by atoms with Crippen LogP contribution in [0, 0.1) is 0 Å². The fourth-order valence-corrected chi connectivity index (χ4v) is 7.36. The number of unbranched alkanes of at least 4 members (excludes halogenated alkanes) is 16. The predicted octanol–water partition coefficient (Wildman–Crippen LogP) is 5.41. The Morgan fingerprint density at radius 3 is 1.63 bits per heavy atom. The van der Waals surface area contributed by atoms with E-state index in [9.17, 15) is 50.0 Å². The molecule has 0 aliphatic heterocycles. The summed E-state index contributed by atoms with van der Waals surface area (Å²) in [6.07, 6.45) is 18.6.